The molecule has 132 valence electrons. The molecule has 0 spiro atoms. The Hall–Kier alpha value is -3.10. The van der Waals surface area contributed by atoms with Crippen molar-refractivity contribution in [2.45, 2.75) is 18.9 Å². The van der Waals surface area contributed by atoms with Crippen LogP contribution in [0.1, 0.15) is 12.8 Å². The molecular weight excluding hydrogens is 326 g/mol. The molecule has 0 aliphatic carbocycles. The van der Waals surface area contributed by atoms with Crippen LogP contribution in [0, 0.1) is 10.1 Å². The number of nitrogens with one attached hydrogen (secondary N) is 1. The number of aryl methyl sites for hydroxylation is 1. The van der Waals surface area contributed by atoms with Crippen molar-refractivity contribution in [2.24, 2.45) is 7.05 Å². The fraction of sp³-hybridized carbons (Fsp3) is 0.375. The van der Waals surface area contributed by atoms with Crippen LogP contribution in [0.4, 0.5) is 17.3 Å². The number of hydrogen-bond donors (Lipinski definition) is 1. The molecule has 1 fully saturated rings. The minimum atomic E-state index is -0.522. The molecule has 1 aliphatic rings. The molecular formula is C16H19N5O4. The second kappa shape index (κ2) is 6.80. The molecule has 1 aromatic carbocycles. The number of nitro groups is 1. The summed E-state index contributed by atoms with van der Waals surface area (Å²) in [6.45, 7) is 0.571. The number of ether oxygens (including phenoxy) is 1. The van der Waals surface area contributed by atoms with Crippen molar-refractivity contribution >= 4 is 23.2 Å². The zero-order chi connectivity index (χ0) is 18.0. The standard InChI is InChI=1S/C16H19N5O4/c1-19-10-17-14(21(23)24)16(19)20-9-3-4-13(20)15(22)18-11-5-7-12(25-2)8-6-11/h5-8,10,13H,3-4,9H2,1-2H3,(H,18,22)/t13-/m0/s1. The lowest BCUT2D eigenvalue weighted by molar-refractivity contribution is -0.388. The summed E-state index contributed by atoms with van der Waals surface area (Å²) in [6.07, 6.45) is 2.80. The van der Waals surface area contributed by atoms with Crippen LogP contribution in [0.15, 0.2) is 30.6 Å². The van der Waals surface area contributed by atoms with Crippen LogP contribution >= 0.6 is 0 Å². The van der Waals surface area contributed by atoms with Crippen molar-refractivity contribution in [3.8, 4) is 5.75 Å². The van der Waals surface area contributed by atoms with Crippen LogP contribution in [-0.4, -0.2) is 40.1 Å². The van der Waals surface area contributed by atoms with E-state index in [9.17, 15) is 14.9 Å². The first kappa shape index (κ1) is 16.7. The minimum Gasteiger partial charge on any atom is -0.497 e. The van der Waals surface area contributed by atoms with Gasteiger partial charge >= 0.3 is 5.82 Å². The predicted molar refractivity (Wildman–Crippen MR) is 91.9 cm³/mol. The van der Waals surface area contributed by atoms with Gasteiger partial charge < -0.3 is 25.1 Å². The summed E-state index contributed by atoms with van der Waals surface area (Å²) in [5, 5.41) is 14.1. The van der Waals surface area contributed by atoms with Crippen molar-refractivity contribution in [1.82, 2.24) is 9.55 Å². The maximum absolute atomic E-state index is 12.7. The Morgan fingerprint density at radius 2 is 2.12 bits per heavy atom. The number of carbonyl (C=O) groups excluding carboxylic acids is 1. The van der Waals surface area contributed by atoms with E-state index in [1.165, 1.54) is 6.33 Å². The largest absolute Gasteiger partial charge is 0.497 e. The quantitative estimate of drug-likeness (QED) is 0.656. The summed E-state index contributed by atoms with van der Waals surface area (Å²) in [4.78, 5) is 29.0. The second-order valence-electron chi connectivity index (χ2n) is 5.83. The van der Waals surface area contributed by atoms with E-state index < -0.39 is 11.0 Å². The van der Waals surface area contributed by atoms with Gasteiger partial charge in [0, 0.05) is 19.3 Å². The summed E-state index contributed by atoms with van der Waals surface area (Å²) in [7, 11) is 3.26. The Labute approximate surface area is 144 Å². The Kier molecular flexibility index (Phi) is 4.55. The SMILES string of the molecule is COc1ccc(NC(=O)[C@@H]2CCCN2c2c([N+](=O)[O-])ncn2C)cc1. The highest BCUT2D eigenvalue weighted by atomic mass is 16.6. The van der Waals surface area contributed by atoms with E-state index in [-0.39, 0.29) is 11.7 Å². The van der Waals surface area contributed by atoms with Crippen molar-refractivity contribution in [1.29, 1.82) is 0 Å². The van der Waals surface area contributed by atoms with E-state index in [4.69, 9.17) is 4.74 Å². The second-order valence-corrected chi connectivity index (χ2v) is 5.83. The molecule has 3 rings (SSSR count). The number of imidazole rings is 1. The van der Waals surface area contributed by atoms with Crippen LogP contribution < -0.4 is 15.0 Å². The third-order valence-electron chi connectivity index (χ3n) is 4.25. The molecule has 0 radical (unpaired) electrons. The number of methoxy groups -OCH3 is 1. The fourth-order valence-corrected chi connectivity index (χ4v) is 3.06. The van der Waals surface area contributed by atoms with Gasteiger partial charge in [-0.2, -0.15) is 0 Å². The Balaban J connectivity index is 1.80. The molecule has 2 heterocycles. The van der Waals surface area contributed by atoms with Gasteiger partial charge in [-0.05, 0) is 47.0 Å². The van der Waals surface area contributed by atoms with E-state index >= 15 is 0 Å². The van der Waals surface area contributed by atoms with Crippen molar-refractivity contribution < 1.29 is 14.5 Å². The molecule has 0 unspecified atom stereocenters. The van der Waals surface area contributed by atoms with Gasteiger partial charge in [0.25, 0.3) is 0 Å². The average molecular weight is 345 g/mol. The first-order valence-electron chi connectivity index (χ1n) is 7.88. The van der Waals surface area contributed by atoms with Crippen LogP contribution in [0.2, 0.25) is 0 Å². The number of hydrogen-bond acceptors (Lipinski definition) is 6. The molecule has 9 nitrogen and oxygen atoms in total. The van der Waals surface area contributed by atoms with E-state index in [0.29, 0.717) is 30.2 Å². The van der Waals surface area contributed by atoms with Gasteiger partial charge in [0.05, 0.1) is 7.11 Å². The number of benzene rings is 1. The predicted octanol–water partition coefficient (Wildman–Crippen LogP) is 1.94. The number of amides is 1. The summed E-state index contributed by atoms with van der Waals surface area (Å²) in [5.41, 5.74) is 0.650. The Morgan fingerprint density at radius 3 is 2.76 bits per heavy atom. The highest BCUT2D eigenvalue weighted by molar-refractivity contribution is 5.97. The van der Waals surface area contributed by atoms with Crippen LogP contribution in [0.25, 0.3) is 0 Å². The van der Waals surface area contributed by atoms with Gasteiger partial charge in [-0.25, -0.2) is 0 Å². The Bertz CT molecular complexity index is 786. The minimum absolute atomic E-state index is 0.196. The lowest BCUT2D eigenvalue weighted by Gasteiger charge is -2.25. The van der Waals surface area contributed by atoms with E-state index in [1.807, 2.05) is 0 Å². The summed E-state index contributed by atoms with van der Waals surface area (Å²) in [5.74, 6) is 0.633. The van der Waals surface area contributed by atoms with Gasteiger partial charge in [-0.3, -0.25) is 9.36 Å². The normalized spacial score (nSPS) is 16.7. The van der Waals surface area contributed by atoms with Gasteiger partial charge in [0.15, 0.2) is 0 Å². The van der Waals surface area contributed by atoms with Gasteiger partial charge in [-0.1, -0.05) is 0 Å². The number of anilines is 2. The van der Waals surface area contributed by atoms with Crippen LogP contribution in [0.5, 0.6) is 5.75 Å². The highest BCUT2D eigenvalue weighted by Gasteiger charge is 2.37. The third-order valence-corrected chi connectivity index (χ3v) is 4.25. The Morgan fingerprint density at radius 1 is 1.40 bits per heavy atom. The molecule has 1 aliphatic heterocycles. The summed E-state index contributed by atoms with van der Waals surface area (Å²) >= 11 is 0. The van der Waals surface area contributed by atoms with Crippen molar-refractivity contribution in [3.63, 3.8) is 0 Å². The summed E-state index contributed by atoms with van der Waals surface area (Å²) < 4.78 is 6.67. The van der Waals surface area contributed by atoms with Gasteiger partial charge in [0.2, 0.25) is 18.1 Å². The molecule has 1 aromatic heterocycles. The number of rotatable bonds is 5. The number of nitrogens with zero attached hydrogens (tertiary/aromatic N) is 4. The molecule has 0 saturated carbocycles. The van der Waals surface area contributed by atoms with Crippen LogP contribution in [0.3, 0.4) is 0 Å². The molecule has 1 N–H and O–H groups in total. The molecule has 1 saturated heterocycles. The van der Waals surface area contributed by atoms with Gasteiger partial charge in [0.1, 0.15) is 11.8 Å². The molecule has 0 bridgehead atoms. The summed E-state index contributed by atoms with van der Waals surface area (Å²) in [6, 6.07) is 6.55. The molecule has 25 heavy (non-hydrogen) atoms. The van der Waals surface area contributed by atoms with Crippen molar-refractivity contribution in [3.05, 3.63) is 40.7 Å². The smallest absolute Gasteiger partial charge is 0.406 e. The maximum Gasteiger partial charge on any atom is 0.406 e. The van der Waals surface area contributed by atoms with E-state index in [2.05, 4.69) is 10.3 Å². The maximum atomic E-state index is 12.7. The molecule has 2 aromatic rings. The van der Waals surface area contributed by atoms with E-state index in [1.54, 1.807) is 47.9 Å². The van der Waals surface area contributed by atoms with Crippen molar-refractivity contribution in [2.75, 3.05) is 23.9 Å². The van der Waals surface area contributed by atoms with Gasteiger partial charge in [-0.15, -0.1) is 0 Å². The first-order chi connectivity index (χ1) is 12.0. The van der Waals surface area contributed by atoms with Crippen LogP contribution in [-0.2, 0) is 11.8 Å². The lowest BCUT2D eigenvalue weighted by Crippen LogP contribution is -2.40. The number of carbonyl (C=O) groups is 1. The number of aromatic nitrogens is 2. The highest BCUT2D eigenvalue weighted by Crippen LogP contribution is 2.32. The lowest BCUT2D eigenvalue weighted by atomic mass is 10.2. The zero-order valence-corrected chi connectivity index (χ0v) is 14.0. The first-order valence-corrected chi connectivity index (χ1v) is 7.88. The topological polar surface area (TPSA) is 103 Å². The molecule has 1 amide bonds. The average Bonchev–Trinajstić information content (AvgIpc) is 3.21. The molecule has 1 atom stereocenters. The fourth-order valence-electron chi connectivity index (χ4n) is 3.06. The molecule has 9 heteroatoms. The van der Waals surface area contributed by atoms with E-state index in [0.717, 1.165) is 6.42 Å². The third kappa shape index (κ3) is 3.25. The zero-order valence-electron chi connectivity index (χ0n) is 14.0. The monoisotopic (exact) mass is 345 g/mol.